The summed E-state index contributed by atoms with van der Waals surface area (Å²) in [7, 11) is 0. The number of hydrogen-bond donors (Lipinski definition) is 2. The molecule has 0 radical (unpaired) electrons. The molecule has 0 spiro atoms. The monoisotopic (exact) mass is 293 g/mol. The number of nitrogens with two attached hydrogens (primary N) is 1. The Kier molecular flexibility index (Phi) is 3.82. The molecule has 0 atom stereocenters. The molecule has 1 aromatic carbocycles. The van der Waals surface area contributed by atoms with E-state index in [1.807, 2.05) is 0 Å². The van der Waals surface area contributed by atoms with Gasteiger partial charge in [0, 0.05) is 19.0 Å². The molecule has 1 aromatic rings. The lowest BCUT2D eigenvalue weighted by molar-refractivity contribution is 0.378. The highest BCUT2D eigenvalue weighted by Gasteiger charge is 2.36. The third-order valence-corrected chi connectivity index (χ3v) is 3.08. The predicted octanol–water partition coefficient (Wildman–Crippen LogP) is 2.68. The Morgan fingerprint density at radius 2 is 1.45 bits per heavy atom. The number of amidine groups is 1. The molecule has 1 aliphatic carbocycles. The standard InChI is InChI=1S/C12H12F5N3/c13-7-8(14)10(16)12(11(17)9(7)15)20(5-1-2-5)4-3-6(18)19/h5H,1-4H2,(H3,18,19). The summed E-state index contributed by atoms with van der Waals surface area (Å²) >= 11 is 0. The molecular formula is C12H12F5N3. The van der Waals surface area contributed by atoms with Crippen LogP contribution >= 0.6 is 0 Å². The minimum atomic E-state index is -2.17. The first kappa shape index (κ1) is 14.5. The minimum absolute atomic E-state index is 0.0179. The highest BCUT2D eigenvalue weighted by atomic mass is 19.2. The fraction of sp³-hybridized carbons (Fsp3) is 0.417. The van der Waals surface area contributed by atoms with Gasteiger partial charge in [-0.05, 0) is 12.8 Å². The Hall–Kier alpha value is -1.86. The normalized spacial score (nSPS) is 14.4. The largest absolute Gasteiger partial charge is 0.388 e. The summed E-state index contributed by atoms with van der Waals surface area (Å²) in [5.74, 6) is -10.0. The maximum absolute atomic E-state index is 13.7. The fourth-order valence-electron chi connectivity index (χ4n) is 1.95. The van der Waals surface area contributed by atoms with E-state index in [1.54, 1.807) is 0 Å². The van der Waals surface area contributed by atoms with E-state index in [2.05, 4.69) is 0 Å². The van der Waals surface area contributed by atoms with Gasteiger partial charge in [0.1, 0.15) is 5.69 Å². The van der Waals surface area contributed by atoms with Crippen LogP contribution in [-0.2, 0) is 0 Å². The zero-order valence-electron chi connectivity index (χ0n) is 10.3. The number of nitrogens with zero attached hydrogens (tertiary/aromatic N) is 1. The van der Waals surface area contributed by atoms with Crippen LogP contribution in [0.5, 0.6) is 0 Å². The van der Waals surface area contributed by atoms with Crippen LogP contribution in [0, 0.1) is 34.5 Å². The van der Waals surface area contributed by atoms with Gasteiger partial charge in [-0.2, -0.15) is 0 Å². The molecule has 0 aromatic heterocycles. The number of benzene rings is 1. The van der Waals surface area contributed by atoms with Crippen molar-refractivity contribution < 1.29 is 22.0 Å². The second-order valence-corrected chi connectivity index (χ2v) is 4.62. The third kappa shape index (κ3) is 2.54. The van der Waals surface area contributed by atoms with Crippen molar-refractivity contribution in [2.75, 3.05) is 11.4 Å². The van der Waals surface area contributed by atoms with Crippen LogP contribution in [0.1, 0.15) is 19.3 Å². The Balaban J connectivity index is 2.45. The lowest BCUT2D eigenvalue weighted by Gasteiger charge is -2.25. The van der Waals surface area contributed by atoms with Crippen molar-refractivity contribution in [1.29, 1.82) is 5.41 Å². The van der Waals surface area contributed by atoms with E-state index in [0.717, 1.165) is 4.90 Å². The molecular weight excluding hydrogens is 281 g/mol. The van der Waals surface area contributed by atoms with E-state index >= 15 is 0 Å². The van der Waals surface area contributed by atoms with Crippen molar-refractivity contribution in [2.45, 2.75) is 25.3 Å². The first-order valence-corrected chi connectivity index (χ1v) is 5.95. The second kappa shape index (κ2) is 5.26. The molecule has 0 saturated heterocycles. The Morgan fingerprint density at radius 3 is 1.85 bits per heavy atom. The molecule has 0 amide bonds. The van der Waals surface area contributed by atoms with Crippen LogP contribution in [-0.4, -0.2) is 18.4 Å². The van der Waals surface area contributed by atoms with E-state index in [4.69, 9.17) is 11.1 Å². The summed E-state index contributed by atoms with van der Waals surface area (Å²) in [6, 6.07) is -0.289. The first-order valence-electron chi connectivity index (χ1n) is 5.95. The number of anilines is 1. The van der Waals surface area contributed by atoms with Crippen LogP contribution < -0.4 is 10.6 Å². The number of nitrogens with one attached hydrogen (secondary N) is 1. The molecule has 1 fully saturated rings. The summed E-state index contributed by atoms with van der Waals surface area (Å²) < 4.78 is 66.8. The zero-order valence-corrected chi connectivity index (χ0v) is 10.3. The SMILES string of the molecule is N=C(N)CCN(c1c(F)c(F)c(F)c(F)c1F)C1CC1. The summed E-state index contributed by atoms with van der Waals surface area (Å²) in [6.45, 7) is -0.0711. The van der Waals surface area contributed by atoms with Gasteiger partial charge >= 0.3 is 0 Å². The topological polar surface area (TPSA) is 53.1 Å². The van der Waals surface area contributed by atoms with Gasteiger partial charge in [0.15, 0.2) is 23.3 Å². The van der Waals surface area contributed by atoms with Gasteiger partial charge in [-0.25, -0.2) is 22.0 Å². The average molecular weight is 293 g/mol. The summed E-state index contributed by atoms with van der Waals surface area (Å²) in [6.07, 6.45) is 1.17. The first-order chi connectivity index (χ1) is 9.34. The maximum atomic E-state index is 13.7. The molecule has 0 bridgehead atoms. The van der Waals surface area contributed by atoms with Crippen molar-refractivity contribution in [3.8, 4) is 0 Å². The van der Waals surface area contributed by atoms with E-state index in [1.165, 1.54) is 0 Å². The fourth-order valence-corrected chi connectivity index (χ4v) is 1.95. The zero-order chi connectivity index (χ0) is 15.0. The highest BCUT2D eigenvalue weighted by Crippen LogP contribution is 2.37. The van der Waals surface area contributed by atoms with Crippen LogP contribution in [0.25, 0.3) is 0 Å². The lowest BCUT2D eigenvalue weighted by atomic mass is 10.2. The van der Waals surface area contributed by atoms with Gasteiger partial charge in [0.25, 0.3) is 0 Å². The smallest absolute Gasteiger partial charge is 0.200 e. The highest BCUT2D eigenvalue weighted by molar-refractivity contribution is 5.77. The molecule has 3 nitrogen and oxygen atoms in total. The molecule has 0 unspecified atom stereocenters. The van der Waals surface area contributed by atoms with Crippen LogP contribution in [0.3, 0.4) is 0 Å². The Morgan fingerprint density at radius 1 is 1.00 bits per heavy atom. The third-order valence-electron chi connectivity index (χ3n) is 3.08. The molecule has 110 valence electrons. The van der Waals surface area contributed by atoms with Gasteiger partial charge in [-0.3, -0.25) is 5.41 Å². The van der Waals surface area contributed by atoms with Crippen LogP contribution in [0.4, 0.5) is 27.6 Å². The van der Waals surface area contributed by atoms with Crippen molar-refractivity contribution in [1.82, 2.24) is 0 Å². The molecule has 3 N–H and O–H groups in total. The predicted molar refractivity (Wildman–Crippen MR) is 63.1 cm³/mol. The number of halogens is 5. The van der Waals surface area contributed by atoms with Gasteiger partial charge in [-0.15, -0.1) is 0 Å². The van der Waals surface area contributed by atoms with Crippen molar-refractivity contribution >= 4 is 11.5 Å². The van der Waals surface area contributed by atoms with Crippen LogP contribution in [0.2, 0.25) is 0 Å². The molecule has 2 rings (SSSR count). The Bertz CT molecular complexity index is 528. The second-order valence-electron chi connectivity index (χ2n) is 4.62. The van der Waals surface area contributed by atoms with Crippen LogP contribution in [0.15, 0.2) is 0 Å². The Labute approximate surface area is 111 Å². The van der Waals surface area contributed by atoms with Crippen molar-refractivity contribution in [3.05, 3.63) is 29.1 Å². The molecule has 1 saturated carbocycles. The van der Waals surface area contributed by atoms with Crippen molar-refractivity contribution in [2.24, 2.45) is 5.73 Å². The summed E-state index contributed by atoms with van der Waals surface area (Å²) in [4.78, 5) is 1.09. The molecule has 1 aliphatic rings. The molecule has 0 heterocycles. The summed E-state index contributed by atoms with van der Waals surface area (Å²) in [5.41, 5.74) is 4.22. The van der Waals surface area contributed by atoms with E-state index < -0.39 is 34.8 Å². The number of rotatable bonds is 5. The average Bonchev–Trinajstić information content (AvgIpc) is 3.22. The molecule has 20 heavy (non-hydrogen) atoms. The van der Waals surface area contributed by atoms with Gasteiger partial charge in [-0.1, -0.05) is 0 Å². The maximum Gasteiger partial charge on any atom is 0.200 e. The van der Waals surface area contributed by atoms with E-state index in [0.29, 0.717) is 12.8 Å². The van der Waals surface area contributed by atoms with E-state index in [-0.39, 0.29) is 24.8 Å². The van der Waals surface area contributed by atoms with Gasteiger partial charge < -0.3 is 10.6 Å². The number of hydrogen-bond acceptors (Lipinski definition) is 2. The lowest BCUT2D eigenvalue weighted by Crippen LogP contribution is -2.32. The van der Waals surface area contributed by atoms with Gasteiger partial charge in [0.2, 0.25) is 5.82 Å². The molecule has 0 aliphatic heterocycles. The van der Waals surface area contributed by atoms with Gasteiger partial charge in [0.05, 0.1) is 5.84 Å². The molecule has 8 heteroatoms. The minimum Gasteiger partial charge on any atom is -0.388 e. The van der Waals surface area contributed by atoms with E-state index in [9.17, 15) is 22.0 Å². The van der Waals surface area contributed by atoms with Crippen molar-refractivity contribution in [3.63, 3.8) is 0 Å². The summed E-state index contributed by atoms with van der Waals surface area (Å²) in [5, 5.41) is 7.09. The quantitative estimate of drug-likeness (QED) is 0.288.